The van der Waals surface area contributed by atoms with Crippen molar-refractivity contribution in [3.8, 4) is 0 Å². The van der Waals surface area contributed by atoms with E-state index in [1.807, 2.05) is 0 Å². The Morgan fingerprint density at radius 1 is 1.23 bits per heavy atom. The topological polar surface area (TPSA) is 24.1 Å². The molecule has 0 aliphatic carbocycles. The fraction of sp³-hybridized carbons (Fsp3) is 0.900. The summed E-state index contributed by atoms with van der Waals surface area (Å²) in [5.74, 6) is 0.719. The molecule has 0 heterocycles. The second kappa shape index (κ2) is 7.13. The third-order valence-electron chi connectivity index (χ3n) is 2.45. The molecule has 1 atom stereocenters. The fourth-order valence-corrected chi connectivity index (χ4v) is 1.86. The Morgan fingerprint density at radius 2 is 1.77 bits per heavy atom. The van der Waals surface area contributed by atoms with Crippen molar-refractivity contribution in [3.05, 3.63) is 0 Å². The molecule has 78 valence electrons. The van der Waals surface area contributed by atoms with Crippen LogP contribution in [0, 0.1) is 5.92 Å². The minimum absolute atomic E-state index is 0.474. The molecule has 0 aliphatic rings. The highest BCUT2D eigenvalue weighted by atomic mass is 32.1. The molecule has 0 aromatic heterocycles. The van der Waals surface area contributed by atoms with Gasteiger partial charge in [0, 0.05) is 12.6 Å². The quantitative estimate of drug-likeness (QED) is 0.669. The summed E-state index contributed by atoms with van der Waals surface area (Å²) in [5, 5.41) is 7.18. The van der Waals surface area contributed by atoms with Gasteiger partial charge in [-0.1, -0.05) is 26.7 Å². The Hall–Kier alpha value is -0.310. The van der Waals surface area contributed by atoms with E-state index in [-0.39, 0.29) is 0 Å². The van der Waals surface area contributed by atoms with Crippen molar-refractivity contribution in [2.45, 2.75) is 46.6 Å². The molecule has 0 amide bonds. The molecule has 0 spiro atoms. The maximum atomic E-state index is 5.12. The number of hydrogen-bond donors (Lipinski definition) is 2. The van der Waals surface area contributed by atoms with Crippen LogP contribution in [0.2, 0.25) is 0 Å². The van der Waals surface area contributed by atoms with Crippen molar-refractivity contribution in [2.75, 3.05) is 6.54 Å². The average molecular weight is 202 g/mol. The summed E-state index contributed by atoms with van der Waals surface area (Å²) < 4.78 is 0. The molecule has 0 saturated carbocycles. The predicted octanol–water partition coefficient (Wildman–Crippen LogP) is 2.30. The molecule has 0 aliphatic heterocycles. The lowest BCUT2D eigenvalue weighted by Crippen LogP contribution is -2.43. The molecule has 2 N–H and O–H groups in total. The molecule has 13 heavy (non-hydrogen) atoms. The Balaban J connectivity index is 3.82. The van der Waals surface area contributed by atoms with Gasteiger partial charge in [0.1, 0.15) is 0 Å². The van der Waals surface area contributed by atoms with Gasteiger partial charge in [0.25, 0.3) is 0 Å². The molecule has 0 bridgehead atoms. The Bertz CT molecular complexity index is 144. The van der Waals surface area contributed by atoms with Gasteiger partial charge in [0.15, 0.2) is 5.11 Å². The zero-order valence-electron chi connectivity index (χ0n) is 9.18. The predicted molar refractivity (Wildman–Crippen MR) is 62.9 cm³/mol. The first-order valence-corrected chi connectivity index (χ1v) is 5.60. The van der Waals surface area contributed by atoms with E-state index in [0.29, 0.717) is 6.04 Å². The van der Waals surface area contributed by atoms with Crippen LogP contribution in [0.15, 0.2) is 0 Å². The van der Waals surface area contributed by atoms with Crippen LogP contribution < -0.4 is 10.6 Å². The number of nitrogens with one attached hydrogen (secondary N) is 2. The van der Waals surface area contributed by atoms with Gasteiger partial charge < -0.3 is 10.6 Å². The fourth-order valence-electron chi connectivity index (χ4n) is 1.53. The van der Waals surface area contributed by atoms with Gasteiger partial charge in [-0.15, -0.1) is 0 Å². The molecule has 0 radical (unpaired) electrons. The van der Waals surface area contributed by atoms with Gasteiger partial charge >= 0.3 is 0 Å². The van der Waals surface area contributed by atoms with Gasteiger partial charge in [-0.05, 0) is 32.0 Å². The van der Waals surface area contributed by atoms with E-state index in [2.05, 4.69) is 38.3 Å². The standard InChI is InChI=1S/C10H22N2S/c1-5-9(6-2)8(4)12-10(13)11-7-3/h8-9H,5-7H2,1-4H3,(H2,11,12,13). The lowest BCUT2D eigenvalue weighted by molar-refractivity contribution is 0.390. The van der Waals surface area contributed by atoms with Crippen molar-refractivity contribution in [1.29, 1.82) is 0 Å². The molecular formula is C10H22N2S. The van der Waals surface area contributed by atoms with Crippen LogP contribution >= 0.6 is 12.2 Å². The average Bonchev–Trinajstić information content (AvgIpc) is 2.06. The Labute approximate surface area is 87.5 Å². The molecule has 2 nitrogen and oxygen atoms in total. The number of thiocarbonyl (C=S) groups is 1. The van der Waals surface area contributed by atoms with Crippen molar-refractivity contribution in [1.82, 2.24) is 10.6 Å². The second-order valence-electron chi connectivity index (χ2n) is 3.37. The zero-order valence-corrected chi connectivity index (χ0v) is 10.0. The third kappa shape index (κ3) is 5.09. The van der Waals surface area contributed by atoms with E-state index in [0.717, 1.165) is 17.6 Å². The van der Waals surface area contributed by atoms with Crippen LogP contribution in [0.4, 0.5) is 0 Å². The van der Waals surface area contributed by atoms with E-state index in [4.69, 9.17) is 12.2 Å². The van der Waals surface area contributed by atoms with Gasteiger partial charge in [0.2, 0.25) is 0 Å². The summed E-state index contributed by atoms with van der Waals surface area (Å²) >= 11 is 5.12. The maximum absolute atomic E-state index is 5.12. The van der Waals surface area contributed by atoms with Crippen molar-refractivity contribution < 1.29 is 0 Å². The highest BCUT2D eigenvalue weighted by Gasteiger charge is 2.13. The first kappa shape index (κ1) is 12.7. The van der Waals surface area contributed by atoms with Gasteiger partial charge in [0.05, 0.1) is 0 Å². The van der Waals surface area contributed by atoms with Gasteiger partial charge in [-0.2, -0.15) is 0 Å². The number of hydrogen-bond acceptors (Lipinski definition) is 1. The normalized spacial score (nSPS) is 12.7. The lowest BCUT2D eigenvalue weighted by atomic mass is 9.96. The summed E-state index contributed by atoms with van der Waals surface area (Å²) in [6, 6.07) is 0.474. The maximum Gasteiger partial charge on any atom is 0.166 e. The van der Waals surface area contributed by atoms with Crippen LogP contribution in [-0.4, -0.2) is 17.7 Å². The van der Waals surface area contributed by atoms with Gasteiger partial charge in [-0.3, -0.25) is 0 Å². The van der Waals surface area contributed by atoms with E-state index < -0.39 is 0 Å². The summed E-state index contributed by atoms with van der Waals surface area (Å²) in [4.78, 5) is 0. The van der Waals surface area contributed by atoms with Crippen LogP contribution in [0.5, 0.6) is 0 Å². The minimum atomic E-state index is 0.474. The summed E-state index contributed by atoms with van der Waals surface area (Å²) in [5.41, 5.74) is 0. The van der Waals surface area contributed by atoms with Crippen molar-refractivity contribution >= 4 is 17.3 Å². The molecule has 0 rings (SSSR count). The largest absolute Gasteiger partial charge is 0.363 e. The first-order valence-electron chi connectivity index (χ1n) is 5.19. The Kier molecular flexibility index (Phi) is 6.96. The zero-order chi connectivity index (χ0) is 10.3. The summed E-state index contributed by atoms with van der Waals surface area (Å²) in [6.07, 6.45) is 2.42. The van der Waals surface area contributed by atoms with Crippen molar-refractivity contribution in [3.63, 3.8) is 0 Å². The second-order valence-corrected chi connectivity index (χ2v) is 3.78. The molecule has 1 unspecified atom stereocenters. The molecule has 0 fully saturated rings. The molecule has 0 aromatic rings. The van der Waals surface area contributed by atoms with Crippen LogP contribution in [0.3, 0.4) is 0 Å². The highest BCUT2D eigenvalue weighted by molar-refractivity contribution is 7.80. The molecule has 0 saturated heterocycles. The summed E-state index contributed by atoms with van der Waals surface area (Å²) in [6.45, 7) is 9.59. The smallest absolute Gasteiger partial charge is 0.166 e. The minimum Gasteiger partial charge on any atom is -0.363 e. The summed E-state index contributed by atoms with van der Waals surface area (Å²) in [7, 11) is 0. The molecule has 0 aromatic carbocycles. The molecule has 3 heteroatoms. The monoisotopic (exact) mass is 202 g/mol. The first-order chi connectivity index (χ1) is 6.15. The third-order valence-corrected chi connectivity index (χ3v) is 2.71. The number of rotatable bonds is 5. The van der Waals surface area contributed by atoms with E-state index in [9.17, 15) is 0 Å². The van der Waals surface area contributed by atoms with E-state index in [1.54, 1.807) is 0 Å². The van der Waals surface area contributed by atoms with Crippen LogP contribution in [0.1, 0.15) is 40.5 Å². The van der Waals surface area contributed by atoms with Crippen LogP contribution in [0.25, 0.3) is 0 Å². The highest BCUT2D eigenvalue weighted by Crippen LogP contribution is 2.12. The van der Waals surface area contributed by atoms with Crippen molar-refractivity contribution in [2.24, 2.45) is 5.92 Å². The van der Waals surface area contributed by atoms with E-state index >= 15 is 0 Å². The lowest BCUT2D eigenvalue weighted by Gasteiger charge is -2.23. The van der Waals surface area contributed by atoms with E-state index in [1.165, 1.54) is 12.8 Å². The molecular weight excluding hydrogens is 180 g/mol. The SMILES string of the molecule is CCNC(=S)NC(C)C(CC)CC. The van der Waals surface area contributed by atoms with Crippen LogP contribution in [-0.2, 0) is 0 Å². The Morgan fingerprint density at radius 3 is 2.15 bits per heavy atom. The van der Waals surface area contributed by atoms with Gasteiger partial charge in [-0.25, -0.2) is 0 Å².